The molecule has 0 bridgehead atoms. The summed E-state index contributed by atoms with van der Waals surface area (Å²) in [5, 5.41) is 0. The Labute approximate surface area is 82.9 Å². The first-order chi connectivity index (χ1) is 6.84. The van der Waals surface area contributed by atoms with E-state index >= 15 is 0 Å². The number of aromatic nitrogens is 3. The summed E-state index contributed by atoms with van der Waals surface area (Å²) in [6.45, 7) is 2.06. The van der Waals surface area contributed by atoms with Gasteiger partial charge in [0.1, 0.15) is 6.33 Å². The van der Waals surface area contributed by atoms with E-state index in [0.717, 1.165) is 17.8 Å². The van der Waals surface area contributed by atoms with E-state index in [0.29, 0.717) is 0 Å². The fourth-order valence-electron chi connectivity index (χ4n) is 1.30. The minimum Gasteiger partial charge on any atom is -0.261 e. The van der Waals surface area contributed by atoms with E-state index in [1.54, 1.807) is 12.5 Å². The molecule has 2 heterocycles. The van der Waals surface area contributed by atoms with Gasteiger partial charge in [-0.15, -0.1) is 0 Å². The monoisotopic (exact) mass is 185 g/mol. The van der Waals surface area contributed by atoms with Crippen LogP contribution in [0.25, 0.3) is 0 Å². The highest BCUT2D eigenvalue weighted by Crippen LogP contribution is 2.05. The molecule has 2 aromatic rings. The third-order valence-electron chi connectivity index (χ3n) is 1.98. The van der Waals surface area contributed by atoms with Crippen LogP contribution in [0.3, 0.4) is 0 Å². The van der Waals surface area contributed by atoms with Gasteiger partial charge in [-0.05, 0) is 30.7 Å². The highest BCUT2D eigenvalue weighted by molar-refractivity contribution is 5.18. The second kappa shape index (κ2) is 3.96. The largest absolute Gasteiger partial charge is 0.261 e. The van der Waals surface area contributed by atoms with Crippen molar-refractivity contribution in [2.45, 2.75) is 13.3 Å². The average molecular weight is 185 g/mol. The lowest BCUT2D eigenvalue weighted by molar-refractivity contribution is 0.982. The van der Waals surface area contributed by atoms with Crippen LogP contribution < -0.4 is 0 Å². The number of hydrogen-bond donors (Lipinski definition) is 0. The Kier molecular flexibility index (Phi) is 2.49. The lowest BCUT2D eigenvalue weighted by atomic mass is 10.2. The summed E-state index contributed by atoms with van der Waals surface area (Å²) in [5.41, 5.74) is 3.27. The highest BCUT2D eigenvalue weighted by Gasteiger charge is 1.97. The molecule has 0 amide bonds. The topological polar surface area (TPSA) is 38.7 Å². The van der Waals surface area contributed by atoms with Gasteiger partial charge >= 0.3 is 0 Å². The second-order valence-electron chi connectivity index (χ2n) is 3.20. The standard InChI is InChI=1S/C11H11N3/c1-9-2-5-13-11(6-9)7-10-3-4-12-8-14-10/h2-6,8H,7H2,1H3. The first-order valence-electron chi connectivity index (χ1n) is 4.51. The van der Waals surface area contributed by atoms with Gasteiger partial charge in [-0.25, -0.2) is 9.97 Å². The number of aryl methyl sites for hydroxylation is 1. The Morgan fingerprint density at radius 2 is 2.00 bits per heavy atom. The maximum absolute atomic E-state index is 4.27. The Hall–Kier alpha value is -1.77. The zero-order valence-electron chi connectivity index (χ0n) is 8.01. The number of hydrogen-bond acceptors (Lipinski definition) is 3. The summed E-state index contributed by atoms with van der Waals surface area (Å²) in [4.78, 5) is 12.3. The summed E-state index contributed by atoms with van der Waals surface area (Å²) in [5.74, 6) is 0. The Bertz CT molecular complexity index is 412. The molecular weight excluding hydrogens is 174 g/mol. The third-order valence-corrected chi connectivity index (χ3v) is 1.98. The molecule has 0 unspecified atom stereocenters. The summed E-state index contributed by atoms with van der Waals surface area (Å²) < 4.78 is 0. The van der Waals surface area contributed by atoms with Crippen LogP contribution in [0.15, 0.2) is 36.9 Å². The first kappa shape index (κ1) is 8.81. The van der Waals surface area contributed by atoms with Crippen molar-refractivity contribution in [1.82, 2.24) is 15.0 Å². The van der Waals surface area contributed by atoms with Crippen molar-refractivity contribution in [3.05, 3.63) is 53.9 Å². The van der Waals surface area contributed by atoms with Crippen LogP contribution in [0.1, 0.15) is 17.0 Å². The van der Waals surface area contributed by atoms with Crippen LogP contribution in [-0.2, 0) is 6.42 Å². The molecule has 0 spiro atoms. The van der Waals surface area contributed by atoms with Crippen molar-refractivity contribution in [1.29, 1.82) is 0 Å². The molecule has 3 heteroatoms. The lowest BCUT2D eigenvalue weighted by Crippen LogP contribution is -1.95. The van der Waals surface area contributed by atoms with E-state index in [2.05, 4.69) is 27.9 Å². The molecule has 0 aliphatic carbocycles. The zero-order valence-corrected chi connectivity index (χ0v) is 8.01. The van der Waals surface area contributed by atoms with Crippen LogP contribution in [0, 0.1) is 6.92 Å². The summed E-state index contributed by atoms with van der Waals surface area (Å²) in [7, 11) is 0. The molecule has 70 valence electrons. The normalized spacial score (nSPS) is 10.1. The number of pyridine rings is 1. The van der Waals surface area contributed by atoms with Gasteiger partial charge in [0.15, 0.2) is 0 Å². The van der Waals surface area contributed by atoms with E-state index in [-0.39, 0.29) is 0 Å². The highest BCUT2D eigenvalue weighted by atomic mass is 14.8. The molecule has 2 aromatic heterocycles. The molecule has 14 heavy (non-hydrogen) atoms. The summed E-state index contributed by atoms with van der Waals surface area (Å²) >= 11 is 0. The maximum Gasteiger partial charge on any atom is 0.115 e. The predicted octanol–water partition coefficient (Wildman–Crippen LogP) is 1.77. The minimum atomic E-state index is 0.768. The van der Waals surface area contributed by atoms with E-state index in [9.17, 15) is 0 Å². The molecule has 0 fully saturated rings. The lowest BCUT2D eigenvalue weighted by Gasteiger charge is -2.00. The SMILES string of the molecule is Cc1ccnc(Cc2ccncn2)c1. The smallest absolute Gasteiger partial charge is 0.115 e. The van der Waals surface area contributed by atoms with Gasteiger partial charge in [0.25, 0.3) is 0 Å². The van der Waals surface area contributed by atoms with Crippen LogP contribution in [0.4, 0.5) is 0 Å². The number of nitrogens with zero attached hydrogens (tertiary/aromatic N) is 3. The average Bonchev–Trinajstić information content (AvgIpc) is 2.19. The van der Waals surface area contributed by atoms with E-state index in [1.165, 1.54) is 5.56 Å². The van der Waals surface area contributed by atoms with E-state index in [1.807, 2.05) is 18.3 Å². The molecule has 0 aliphatic rings. The Morgan fingerprint density at radius 3 is 2.71 bits per heavy atom. The Morgan fingerprint density at radius 1 is 1.07 bits per heavy atom. The van der Waals surface area contributed by atoms with Crippen LogP contribution in [0.5, 0.6) is 0 Å². The van der Waals surface area contributed by atoms with Crippen molar-refractivity contribution in [2.75, 3.05) is 0 Å². The molecule has 3 nitrogen and oxygen atoms in total. The molecule has 0 saturated carbocycles. The van der Waals surface area contributed by atoms with Crippen molar-refractivity contribution in [2.24, 2.45) is 0 Å². The second-order valence-corrected chi connectivity index (χ2v) is 3.20. The third kappa shape index (κ3) is 2.13. The quantitative estimate of drug-likeness (QED) is 0.715. The predicted molar refractivity (Wildman–Crippen MR) is 53.8 cm³/mol. The Balaban J connectivity index is 2.19. The van der Waals surface area contributed by atoms with Crippen molar-refractivity contribution < 1.29 is 0 Å². The van der Waals surface area contributed by atoms with Crippen LogP contribution in [-0.4, -0.2) is 15.0 Å². The zero-order chi connectivity index (χ0) is 9.80. The number of rotatable bonds is 2. The van der Waals surface area contributed by atoms with Crippen LogP contribution >= 0.6 is 0 Å². The molecule has 0 atom stereocenters. The molecule has 0 aromatic carbocycles. The molecule has 0 saturated heterocycles. The van der Waals surface area contributed by atoms with Gasteiger partial charge in [0, 0.05) is 30.2 Å². The fourth-order valence-corrected chi connectivity index (χ4v) is 1.30. The fraction of sp³-hybridized carbons (Fsp3) is 0.182. The van der Waals surface area contributed by atoms with Gasteiger partial charge < -0.3 is 0 Å². The van der Waals surface area contributed by atoms with Gasteiger partial charge in [-0.1, -0.05) is 0 Å². The summed E-state index contributed by atoms with van der Waals surface area (Å²) in [6.07, 6.45) is 5.90. The van der Waals surface area contributed by atoms with Crippen LogP contribution in [0.2, 0.25) is 0 Å². The van der Waals surface area contributed by atoms with Crippen molar-refractivity contribution in [3.63, 3.8) is 0 Å². The van der Waals surface area contributed by atoms with E-state index in [4.69, 9.17) is 0 Å². The maximum atomic E-state index is 4.27. The van der Waals surface area contributed by atoms with Crippen molar-refractivity contribution in [3.8, 4) is 0 Å². The van der Waals surface area contributed by atoms with Gasteiger partial charge in [-0.2, -0.15) is 0 Å². The first-order valence-corrected chi connectivity index (χ1v) is 4.51. The van der Waals surface area contributed by atoms with Gasteiger partial charge in [0.05, 0.1) is 0 Å². The van der Waals surface area contributed by atoms with Crippen molar-refractivity contribution >= 4 is 0 Å². The molecule has 2 rings (SSSR count). The molecule has 0 aliphatic heterocycles. The van der Waals surface area contributed by atoms with E-state index < -0.39 is 0 Å². The molecular formula is C11H11N3. The molecule has 0 radical (unpaired) electrons. The van der Waals surface area contributed by atoms with Gasteiger partial charge in [-0.3, -0.25) is 4.98 Å². The molecule has 0 N–H and O–H groups in total. The minimum absolute atomic E-state index is 0.768. The van der Waals surface area contributed by atoms with Gasteiger partial charge in [0.2, 0.25) is 0 Å². The summed E-state index contributed by atoms with van der Waals surface area (Å²) in [6, 6.07) is 5.97.